The molecule has 0 bridgehead atoms. The Morgan fingerprint density at radius 1 is 0.962 bits per heavy atom. The van der Waals surface area contributed by atoms with Crippen LogP contribution in [0.15, 0.2) is 36.5 Å². The molecule has 1 saturated heterocycles. The quantitative estimate of drug-likeness (QED) is 0.185. The number of carboxylic acid groups (broad SMARTS) is 1. The van der Waals surface area contributed by atoms with Crippen LogP contribution >= 0.6 is 0 Å². The van der Waals surface area contributed by atoms with Gasteiger partial charge in [0, 0.05) is 6.42 Å². The highest BCUT2D eigenvalue weighted by Gasteiger charge is 2.47. The number of unbranched alkanes of at least 4 members (excludes halogenated alkanes) is 4. The molecule has 1 heterocycles. The lowest BCUT2D eigenvalue weighted by molar-refractivity contribution is -0.345. The first-order valence-corrected chi connectivity index (χ1v) is 9.94. The molecule has 2 atom stereocenters. The van der Waals surface area contributed by atoms with Gasteiger partial charge in [-0.15, -0.1) is 0 Å². The third-order valence-electron chi connectivity index (χ3n) is 4.60. The summed E-state index contributed by atoms with van der Waals surface area (Å²) in [6.07, 6.45) is 22.4. The summed E-state index contributed by atoms with van der Waals surface area (Å²) in [5.41, 5.74) is -1.06. The molecular weight excluding hydrogens is 328 g/mol. The molecule has 0 aromatic rings. The Morgan fingerprint density at radius 2 is 1.65 bits per heavy atom. The number of hydrogen-bond donors (Lipinski definition) is 1. The van der Waals surface area contributed by atoms with Gasteiger partial charge in [-0.3, -0.25) is 4.79 Å². The van der Waals surface area contributed by atoms with Crippen LogP contribution in [-0.4, -0.2) is 22.3 Å². The third-order valence-corrected chi connectivity index (χ3v) is 4.60. The molecule has 1 rings (SSSR count). The highest BCUT2D eigenvalue weighted by atomic mass is 17.2. The standard InChI is InChI=1S/C22H36O4/c1-4-5-6-7-8-9-10-11-12-13-14-15-16-17-21(2)19-22(3,26-25-21)18-20(23)24/h5-6,8-11H,4,7,12-19H2,1-3H3,(H,23,24)/b6-5-,9-8+,11-10+/t21-,22-/m0/s1. The van der Waals surface area contributed by atoms with Gasteiger partial charge in [0.05, 0.1) is 6.42 Å². The van der Waals surface area contributed by atoms with Gasteiger partial charge in [0.2, 0.25) is 0 Å². The van der Waals surface area contributed by atoms with Crippen molar-refractivity contribution in [1.82, 2.24) is 0 Å². The van der Waals surface area contributed by atoms with Crippen LogP contribution in [0.1, 0.15) is 85.0 Å². The molecule has 1 aliphatic heterocycles. The van der Waals surface area contributed by atoms with Crippen LogP contribution in [0.2, 0.25) is 0 Å². The summed E-state index contributed by atoms with van der Waals surface area (Å²) in [6.45, 7) is 5.98. The maximum absolute atomic E-state index is 10.9. The zero-order chi connectivity index (χ0) is 19.3. The van der Waals surface area contributed by atoms with Gasteiger partial charge in [0.1, 0.15) is 11.2 Å². The van der Waals surface area contributed by atoms with Crippen molar-refractivity contribution < 1.29 is 19.7 Å². The zero-order valence-corrected chi connectivity index (χ0v) is 16.7. The van der Waals surface area contributed by atoms with E-state index in [-0.39, 0.29) is 12.0 Å². The Bertz CT molecular complexity index is 494. The Balaban J connectivity index is 2.07. The Hall–Kier alpha value is -1.39. The molecule has 148 valence electrons. The first-order valence-electron chi connectivity index (χ1n) is 9.94. The maximum Gasteiger partial charge on any atom is 0.306 e. The van der Waals surface area contributed by atoms with Gasteiger partial charge in [-0.2, -0.15) is 0 Å². The maximum atomic E-state index is 10.9. The molecule has 0 spiro atoms. The van der Waals surface area contributed by atoms with Crippen molar-refractivity contribution in [3.63, 3.8) is 0 Å². The minimum atomic E-state index is -0.847. The van der Waals surface area contributed by atoms with Gasteiger partial charge >= 0.3 is 5.97 Å². The number of aliphatic carboxylic acids is 1. The predicted octanol–water partition coefficient (Wildman–Crippen LogP) is 6.14. The minimum absolute atomic E-state index is 0.0156. The largest absolute Gasteiger partial charge is 0.481 e. The minimum Gasteiger partial charge on any atom is -0.481 e. The summed E-state index contributed by atoms with van der Waals surface area (Å²) < 4.78 is 0. The molecule has 0 aliphatic carbocycles. The fourth-order valence-corrected chi connectivity index (χ4v) is 3.38. The molecule has 4 heteroatoms. The molecule has 1 fully saturated rings. The average Bonchev–Trinajstić information content (AvgIpc) is 2.86. The Kier molecular flexibility index (Phi) is 10.5. The van der Waals surface area contributed by atoms with Gasteiger partial charge in [0.15, 0.2) is 0 Å². The molecule has 0 amide bonds. The third kappa shape index (κ3) is 9.93. The van der Waals surface area contributed by atoms with E-state index >= 15 is 0 Å². The van der Waals surface area contributed by atoms with Crippen LogP contribution in [0.25, 0.3) is 0 Å². The predicted molar refractivity (Wildman–Crippen MR) is 106 cm³/mol. The SMILES string of the molecule is CC/C=C\C/C=C/C=C/CCCCCC[C@@]1(C)C[C@](C)(CC(=O)O)OO1. The van der Waals surface area contributed by atoms with Crippen molar-refractivity contribution in [3.8, 4) is 0 Å². The molecule has 26 heavy (non-hydrogen) atoms. The smallest absolute Gasteiger partial charge is 0.306 e. The van der Waals surface area contributed by atoms with E-state index in [1.807, 2.05) is 13.8 Å². The van der Waals surface area contributed by atoms with Crippen LogP contribution in [0, 0.1) is 0 Å². The number of rotatable bonds is 13. The highest BCUT2D eigenvalue weighted by Crippen LogP contribution is 2.40. The summed E-state index contributed by atoms with van der Waals surface area (Å²) in [7, 11) is 0. The Labute approximate surface area is 158 Å². The molecule has 0 unspecified atom stereocenters. The number of carbonyl (C=O) groups is 1. The van der Waals surface area contributed by atoms with Crippen molar-refractivity contribution in [1.29, 1.82) is 0 Å². The monoisotopic (exact) mass is 364 g/mol. The first kappa shape index (κ1) is 22.7. The molecule has 0 aromatic heterocycles. The summed E-state index contributed by atoms with van der Waals surface area (Å²) >= 11 is 0. The van der Waals surface area contributed by atoms with Crippen molar-refractivity contribution in [2.45, 2.75) is 96.2 Å². The van der Waals surface area contributed by atoms with Gasteiger partial charge in [-0.05, 0) is 46.0 Å². The second-order valence-corrected chi connectivity index (χ2v) is 7.74. The molecular formula is C22H36O4. The second-order valence-electron chi connectivity index (χ2n) is 7.74. The van der Waals surface area contributed by atoms with E-state index in [1.165, 1.54) is 19.3 Å². The van der Waals surface area contributed by atoms with E-state index in [1.54, 1.807) is 0 Å². The van der Waals surface area contributed by atoms with Crippen LogP contribution < -0.4 is 0 Å². The van der Waals surface area contributed by atoms with Crippen LogP contribution in [0.3, 0.4) is 0 Å². The lowest BCUT2D eigenvalue weighted by Crippen LogP contribution is -2.30. The molecule has 0 radical (unpaired) electrons. The summed E-state index contributed by atoms with van der Waals surface area (Å²) in [6, 6.07) is 0. The fourth-order valence-electron chi connectivity index (χ4n) is 3.38. The van der Waals surface area contributed by atoms with Gasteiger partial charge in [-0.25, -0.2) is 9.78 Å². The number of carboxylic acids is 1. The molecule has 4 nitrogen and oxygen atoms in total. The van der Waals surface area contributed by atoms with Crippen molar-refractivity contribution >= 4 is 5.97 Å². The summed E-state index contributed by atoms with van der Waals surface area (Å²) in [4.78, 5) is 21.7. The van der Waals surface area contributed by atoms with E-state index < -0.39 is 11.6 Å². The van der Waals surface area contributed by atoms with E-state index in [0.29, 0.717) is 6.42 Å². The van der Waals surface area contributed by atoms with Gasteiger partial charge in [-0.1, -0.05) is 62.6 Å². The topological polar surface area (TPSA) is 55.8 Å². The first-order chi connectivity index (χ1) is 12.4. The van der Waals surface area contributed by atoms with E-state index in [9.17, 15) is 4.79 Å². The van der Waals surface area contributed by atoms with Crippen LogP contribution in [0.5, 0.6) is 0 Å². The van der Waals surface area contributed by atoms with E-state index in [2.05, 4.69) is 43.4 Å². The molecule has 1 aliphatic rings. The van der Waals surface area contributed by atoms with Crippen molar-refractivity contribution in [2.75, 3.05) is 0 Å². The highest BCUT2D eigenvalue weighted by molar-refractivity contribution is 5.68. The normalized spacial score (nSPS) is 26.6. The lowest BCUT2D eigenvalue weighted by Gasteiger charge is -2.21. The second kappa shape index (κ2) is 12.1. The summed E-state index contributed by atoms with van der Waals surface area (Å²) in [5, 5.41) is 8.96. The number of hydrogen-bond acceptors (Lipinski definition) is 3. The average molecular weight is 365 g/mol. The van der Waals surface area contributed by atoms with Gasteiger partial charge < -0.3 is 5.11 Å². The van der Waals surface area contributed by atoms with Crippen LogP contribution in [-0.2, 0) is 14.6 Å². The van der Waals surface area contributed by atoms with Gasteiger partial charge in [0.25, 0.3) is 0 Å². The molecule has 0 aromatic carbocycles. The molecule has 0 saturated carbocycles. The fraction of sp³-hybridized carbons (Fsp3) is 0.682. The van der Waals surface area contributed by atoms with E-state index in [4.69, 9.17) is 14.9 Å². The van der Waals surface area contributed by atoms with Crippen molar-refractivity contribution in [3.05, 3.63) is 36.5 Å². The van der Waals surface area contributed by atoms with E-state index in [0.717, 1.165) is 32.1 Å². The molecule has 1 N–H and O–H groups in total. The number of allylic oxidation sites excluding steroid dienone is 6. The lowest BCUT2D eigenvalue weighted by atomic mass is 9.85. The van der Waals surface area contributed by atoms with Crippen LogP contribution in [0.4, 0.5) is 0 Å². The summed E-state index contributed by atoms with van der Waals surface area (Å²) in [5.74, 6) is -0.847. The zero-order valence-electron chi connectivity index (χ0n) is 16.7. The Morgan fingerprint density at radius 3 is 2.38 bits per heavy atom. The van der Waals surface area contributed by atoms with Crippen molar-refractivity contribution in [2.24, 2.45) is 0 Å².